The van der Waals surface area contributed by atoms with Crippen molar-refractivity contribution in [2.24, 2.45) is 5.92 Å². The van der Waals surface area contributed by atoms with Crippen molar-refractivity contribution in [2.45, 2.75) is 6.42 Å². The van der Waals surface area contributed by atoms with Gasteiger partial charge in [-0.2, -0.15) is 0 Å². The molecule has 0 aromatic heterocycles. The summed E-state index contributed by atoms with van der Waals surface area (Å²) in [5, 5.41) is 0.517. The molecule has 1 unspecified atom stereocenters. The summed E-state index contributed by atoms with van der Waals surface area (Å²) < 4.78 is 11.0. The summed E-state index contributed by atoms with van der Waals surface area (Å²) in [6, 6.07) is 5.37. The highest BCUT2D eigenvalue weighted by Crippen LogP contribution is 2.33. The first-order valence-electron chi connectivity index (χ1n) is 7.01. The van der Waals surface area contributed by atoms with Crippen LogP contribution in [0.25, 0.3) is 0 Å². The Kier molecular flexibility index (Phi) is 4.24. The fourth-order valence-electron chi connectivity index (χ4n) is 2.77. The topological polar surface area (TPSA) is 38.8 Å². The minimum atomic E-state index is -0.0205. The molecule has 1 saturated heterocycles. The highest BCUT2D eigenvalue weighted by molar-refractivity contribution is 6.32. The Morgan fingerprint density at radius 3 is 2.85 bits per heavy atom. The van der Waals surface area contributed by atoms with E-state index in [1.54, 1.807) is 18.2 Å². The van der Waals surface area contributed by atoms with Crippen LogP contribution in [0.1, 0.15) is 16.8 Å². The van der Waals surface area contributed by atoms with E-state index in [9.17, 15) is 4.79 Å². The van der Waals surface area contributed by atoms with Crippen LogP contribution < -0.4 is 4.74 Å². The lowest BCUT2D eigenvalue weighted by atomic mass is 9.94. The third-order valence-electron chi connectivity index (χ3n) is 3.90. The van der Waals surface area contributed by atoms with Crippen LogP contribution in [-0.4, -0.2) is 50.1 Å². The number of halogens is 1. The zero-order valence-corrected chi connectivity index (χ0v) is 12.1. The lowest BCUT2D eigenvalue weighted by Gasteiger charge is -2.29. The van der Waals surface area contributed by atoms with Crippen molar-refractivity contribution in [3.63, 3.8) is 0 Å². The molecule has 2 heterocycles. The van der Waals surface area contributed by atoms with Gasteiger partial charge in [0, 0.05) is 25.6 Å². The number of benzene rings is 1. The van der Waals surface area contributed by atoms with Gasteiger partial charge in [-0.3, -0.25) is 9.69 Å². The first kappa shape index (κ1) is 13.9. The lowest BCUT2D eigenvalue weighted by molar-refractivity contribution is 0.0291. The van der Waals surface area contributed by atoms with E-state index >= 15 is 0 Å². The molecule has 3 rings (SSSR count). The van der Waals surface area contributed by atoms with E-state index in [1.165, 1.54) is 0 Å². The number of carbonyl (C=O) groups excluding carboxylic acids is 1. The van der Waals surface area contributed by atoms with Gasteiger partial charge in [0.15, 0.2) is 5.78 Å². The molecular formula is C15H18ClNO3. The molecule has 1 atom stereocenters. The molecule has 5 heteroatoms. The molecule has 2 aliphatic rings. The van der Waals surface area contributed by atoms with Gasteiger partial charge in [-0.1, -0.05) is 17.7 Å². The first-order chi connectivity index (χ1) is 9.75. The summed E-state index contributed by atoms with van der Waals surface area (Å²) in [6.07, 6.45) is 0.737. The van der Waals surface area contributed by atoms with Crippen molar-refractivity contribution in [2.75, 3.05) is 39.5 Å². The number of hydrogen-bond donors (Lipinski definition) is 0. The Bertz CT molecular complexity index is 500. The molecule has 4 nitrogen and oxygen atoms in total. The lowest BCUT2D eigenvalue weighted by Crippen LogP contribution is -2.41. The number of nitrogens with zero attached hydrogens (tertiary/aromatic N) is 1. The summed E-state index contributed by atoms with van der Waals surface area (Å²) in [6.45, 7) is 4.61. The van der Waals surface area contributed by atoms with E-state index in [-0.39, 0.29) is 11.7 Å². The number of hydrogen-bond acceptors (Lipinski definition) is 4. The van der Waals surface area contributed by atoms with Crippen molar-refractivity contribution in [1.29, 1.82) is 0 Å². The van der Waals surface area contributed by atoms with E-state index in [1.807, 2.05) is 0 Å². The summed E-state index contributed by atoms with van der Waals surface area (Å²) in [4.78, 5) is 15.0. The monoisotopic (exact) mass is 295 g/mol. The second-order valence-corrected chi connectivity index (χ2v) is 5.64. The fourth-order valence-corrected chi connectivity index (χ4v) is 3.00. The Balaban J connectivity index is 1.78. The van der Waals surface area contributed by atoms with Crippen molar-refractivity contribution in [3.8, 4) is 5.75 Å². The Labute approximate surface area is 123 Å². The number of carbonyl (C=O) groups is 1. The van der Waals surface area contributed by atoms with E-state index in [0.29, 0.717) is 22.9 Å². The number of fused-ring (bicyclic) bond motifs is 1. The number of rotatable bonds is 2. The smallest absolute Gasteiger partial charge is 0.171 e. The van der Waals surface area contributed by atoms with Crippen molar-refractivity contribution in [3.05, 3.63) is 28.8 Å². The van der Waals surface area contributed by atoms with Crippen LogP contribution in [-0.2, 0) is 4.74 Å². The maximum atomic E-state index is 12.7. The van der Waals surface area contributed by atoms with Crippen LogP contribution in [0.5, 0.6) is 5.75 Å². The van der Waals surface area contributed by atoms with Gasteiger partial charge in [-0.25, -0.2) is 0 Å². The van der Waals surface area contributed by atoms with Gasteiger partial charge >= 0.3 is 0 Å². The molecule has 0 bridgehead atoms. The van der Waals surface area contributed by atoms with E-state index < -0.39 is 0 Å². The highest BCUT2D eigenvalue weighted by Gasteiger charge is 2.29. The van der Waals surface area contributed by atoms with Crippen LogP contribution in [0.2, 0.25) is 5.02 Å². The third-order valence-corrected chi connectivity index (χ3v) is 4.20. The summed E-state index contributed by atoms with van der Waals surface area (Å²) in [7, 11) is 0. The second-order valence-electron chi connectivity index (χ2n) is 5.23. The normalized spacial score (nSPS) is 23.9. The van der Waals surface area contributed by atoms with Gasteiger partial charge in [-0.05, 0) is 18.6 Å². The van der Waals surface area contributed by atoms with E-state index in [0.717, 1.165) is 39.3 Å². The molecule has 0 spiro atoms. The quantitative estimate of drug-likeness (QED) is 0.839. The molecule has 1 aromatic carbocycles. The van der Waals surface area contributed by atoms with Crippen LogP contribution in [0.3, 0.4) is 0 Å². The number of morpholine rings is 1. The maximum Gasteiger partial charge on any atom is 0.171 e. The Morgan fingerprint density at radius 1 is 1.25 bits per heavy atom. The summed E-state index contributed by atoms with van der Waals surface area (Å²) >= 11 is 6.12. The third kappa shape index (κ3) is 2.82. The van der Waals surface area contributed by atoms with Crippen molar-refractivity contribution < 1.29 is 14.3 Å². The van der Waals surface area contributed by atoms with Crippen LogP contribution >= 0.6 is 11.6 Å². The van der Waals surface area contributed by atoms with Crippen LogP contribution in [0.4, 0.5) is 0 Å². The molecule has 0 saturated carbocycles. The largest absolute Gasteiger partial charge is 0.491 e. The summed E-state index contributed by atoms with van der Waals surface area (Å²) in [5.41, 5.74) is 0.619. The number of para-hydroxylation sites is 1. The molecular weight excluding hydrogens is 278 g/mol. The van der Waals surface area contributed by atoms with Crippen LogP contribution in [0, 0.1) is 5.92 Å². The van der Waals surface area contributed by atoms with Gasteiger partial charge in [0.05, 0.1) is 30.4 Å². The molecule has 0 N–H and O–H groups in total. The Morgan fingerprint density at radius 2 is 2.05 bits per heavy atom. The number of ketones is 1. The standard InChI is InChI=1S/C15H18ClNO3/c16-13-3-1-2-12-14(18)11(4-7-20-15(12)13)10-17-5-8-19-9-6-17/h1-3,11H,4-10H2. The number of Topliss-reactive ketones (excluding diaryl/α,β-unsaturated/α-hetero) is 1. The van der Waals surface area contributed by atoms with Gasteiger partial charge in [0.2, 0.25) is 0 Å². The molecule has 20 heavy (non-hydrogen) atoms. The minimum Gasteiger partial charge on any atom is -0.491 e. The fraction of sp³-hybridized carbons (Fsp3) is 0.533. The predicted octanol–water partition coefficient (Wildman–Crippen LogP) is 2.25. The molecule has 1 fully saturated rings. The second kappa shape index (κ2) is 6.12. The van der Waals surface area contributed by atoms with Gasteiger partial charge in [-0.15, -0.1) is 0 Å². The minimum absolute atomic E-state index is 0.0205. The van der Waals surface area contributed by atoms with Gasteiger partial charge in [0.25, 0.3) is 0 Å². The molecule has 1 aromatic rings. The van der Waals surface area contributed by atoms with Crippen molar-refractivity contribution >= 4 is 17.4 Å². The van der Waals surface area contributed by atoms with Crippen LogP contribution in [0.15, 0.2) is 18.2 Å². The number of ether oxygens (including phenoxy) is 2. The SMILES string of the molecule is O=C1c2cccc(Cl)c2OCCC1CN1CCOCC1. The van der Waals surface area contributed by atoms with E-state index in [2.05, 4.69) is 4.90 Å². The molecule has 0 radical (unpaired) electrons. The predicted molar refractivity (Wildman–Crippen MR) is 76.6 cm³/mol. The van der Waals surface area contributed by atoms with Gasteiger partial charge in [0.1, 0.15) is 5.75 Å². The van der Waals surface area contributed by atoms with Gasteiger partial charge < -0.3 is 9.47 Å². The Hall–Kier alpha value is -1.10. The molecule has 0 amide bonds. The molecule has 2 aliphatic heterocycles. The van der Waals surface area contributed by atoms with E-state index in [4.69, 9.17) is 21.1 Å². The molecule has 108 valence electrons. The zero-order valence-electron chi connectivity index (χ0n) is 11.3. The molecule has 0 aliphatic carbocycles. The average molecular weight is 296 g/mol. The average Bonchev–Trinajstić information content (AvgIpc) is 2.62. The summed E-state index contributed by atoms with van der Waals surface area (Å²) in [5.74, 6) is 0.669. The highest BCUT2D eigenvalue weighted by atomic mass is 35.5. The maximum absolute atomic E-state index is 12.7. The zero-order chi connectivity index (χ0) is 13.9. The first-order valence-corrected chi connectivity index (χ1v) is 7.39. The van der Waals surface area contributed by atoms with Crippen molar-refractivity contribution in [1.82, 2.24) is 4.90 Å².